The van der Waals surface area contributed by atoms with Crippen molar-refractivity contribution in [2.24, 2.45) is 0 Å². The van der Waals surface area contributed by atoms with E-state index >= 15 is 0 Å². The Bertz CT molecular complexity index is 1150. The normalized spacial score (nSPS) is 12.6. The predicted octanol–water partition coefficient (Wildman–Crippen LogP) is 21.4. The first kappa shape index (κ1) is 72.3. The molecule has 0 aromatic carbocycles. The Morgan fingerprint density at radius 3 is 1.05 bits per heavy atom. The Balaban J connectivity index is 3.39. The number of nitrogens with one attached hydrogen (secondary N) is 1. The zero-order chi connectivity index (χ0) is 53.6. The molecule has 0 aliphatic heterocycles. The Hall–Kier alpha value is -1.66. The van der Waals surface area contributed by atoms with Crippen molar-refractivity contribution in [2.45, 2.75) is 386 Å². The molecule has 0 aromatic heterocycles. The monoisotopic (exact) mass is 1040 g/mol. The van der Waals surface area contributed by atoms with Crippen LogP contribution in [0.25, 0.3) is 0 Å². The van der Waals surface area contributed by atoms with Crippen LogP contribution < -0.4 is 5.32 Å². The van der Waals surface area contributed by atoms with Gasteiger partial charge in [-0.05, 0) is 57.8 Å². The van der Waals surface area contributed by atoms with Gasteiger partial charge in [-0.3, -0.25) is 9.59 Å². The molecule has 74 heavy (non-hydrogen) atoms. The van der Waals surface area contributed by atoms with Gasteiger partial charge in [-0.2, -0.15) is 0 Å². The van der Waals surface area contributed by atoms with Crippen molar-refractivity contribution in [1.29, 1.82) is 0 Å². The van der Waals surface area contributed by atoms with Crippen LogP contribution >= 0.6 is 0 Å². The van der Waals surface area contributed by atoms with E-state index in [2.05, 4.69) is 43.5 Å². The van der Waals surface area contributed by atoms with Gasteiger partial charge in [0.15, 0.2) is 0 Å². The van der Waals surface area contributed by atoms with Gasteiger partial charge in [0.2, 0.25) is 5.91 Å². The molecule has 0 fully saturated rings. The summed E-state index contributed by atoms with van der Waals surface area (Å²) in [5.41, 5.74) is 0. The highest BCUT2D eigenvalue weighted by atomic mass is 16.5. The van der Waals surface area contributed by atoms with E-state index in [-0.39, 0.29) is 18.5 Å². The van der Waals surface area contributed by atoms with E-state index in [4.69, 9.17) is 4.74 Å². The number of hydrogen-bond acceptors (Lipinski definition) is 5. The van der Waals surface area contributed by atoms with E-state index in [1.54, 1.807) is 0 Å². The topological polar surface area (TPSA) is 95.9 Å². The molecule has 6 heteroatoms. The van der Waals surface area contributed by atoms with E-state index in [1.807, 2.05) is 0 Å². The summed E-state index contributed by atoms with van der Waals surface area (Å²) in [6.07, 6.45) is 79.1. The van der Waals surface area contributed by atoms with Gasteiger partial charge in [0.05, 0.1) is 25.4 Å². The highest BCUT2D eigenvalue weighted by Gasteiger charge is 2.20. The summed E-state index contributed by atoms with van der Waals surface area (Å²) in [6.45, 7) is 4.95. The zero-order valence-corrected chi connectivity index (χ0v) is 50.1. The number of aliphatic hydroxyl groups is 2. The van der Waals surface area contributed by atoms with E-state index < -0.39 is 12.1 Å². The van der Waals surface area contributed by atoms with Gasteiger partial charge in [0.25, 0.3) is 0 Å². The molecule has 0 aromatic rings. The lowest BCUT2D eigenvalue weighted by Crippen LogP contribution is -2.45. The number of carbonyl (C=O) groups excluding carboxylic acids is 2. The second kappa shape index (κ2) is 63.9. The third-order valence-corrected chi connectivity index (χ3v) is 15.8. The van der Waals surface area contributed by atoms with Gasteiger partial charge < -0.3 is 20.3 Å². The number of amides is 1. The SMILES string of the molecule is CCCCC/C=C\C/C=C\CCCCCCCCCCCC(=O)OCCCCCCCCCCCCCCCCCCCCCC(=O)NC(CO)C(O)CCCCCCCCCCCCCCCCCCCCC. The average molecular weight is 1040 g/mol. The van der Waals surface area contributed by atoms with Crippen molar-refractivity contribution in [3.8, 4) is 0 Å². The molecule has 0 saturated heterocycles. The number of esters is 1. The van der Waals surface area contributed by atoms with Gasteiger partial charge in [0, 0.05) is 12.8 Å². The van der Waals surface area contributed by atoms with Crippen LogP contribution in [0.15, 0.2) is 24.3 Å². The minimum atomic E-state index is -0.667. The quantitative estimate of drug-likeness (QED) is 0.0320. The van der Waals surface area contributed by atoms with Crippen LogP contribution in [0.1, 0.15) is 373 Å². The average Bonchev–Trinajstić information content (AvgIpc) is 3.40. The van der Waals surface area contributed by atoms with Crippen LogP contribution in [-0.2, 0) is 14.3 Å². The van der Waals surface area contributed by atoms with Crippen molar-refractivity contribution in [2.75, 3.05) is 13.2 Å². The molecule has 0 rings (SSSR count). The lowest BCUT2D eigenvalue weighted by Gasteiger charge is -2.22. The van der Waals surface area contributed by atoms with Crippen LogP contribution in [0.5, 0.6) is 0 Å². The van der Waals surface area contributed by atoms with E-state index in [0.717, 1.165) is 51.4 Å². The maximum absolute atomic E-state index is 12.5. The van der Waals surface area contributed by atoms with Gasteiger partial charge in [-0.15, -0.1) is 0 Å². The van der Waals surface area contributed by atoms with Crippen molar-refractivity contribution in [3.05, 3.63) is 24.3 Å². The second-order valence-electron chi connectivity index (χ2n) is 23.2. The number of hydrogen-bond donors (Lipinski definition) is 3. The summed E-state index contributed by atoms with van der Waals surface area (Å²) < 4.78 is 5.50. The fraction of sp³-hybridized carbons (Fsp3) is 0.912. The molecule has 2 atom stereocenters. The molecular formula is C68H131NO5. The van der Waals surface area contributed by atoms with Gasteiger partial charge in [0.1, 0.15) is 0 Å². The van der Waals surface area contributed by atoms with Crippen LogP contribution in [0.4, 0.5) is 0 Å². The maximum Gasteiger partial charge on any atom is 0.305 e. The van der Waals surface area contributed by atoms with E-state index in [0.29, 0.717) is 25.9 Å². The summed E-state index contributed by atoms with van der Waals surface area (Å²) in [5, 5.41) is 23.4. The summed E-state index contributed by atoms with van der Waals surface area (Å²) in [5.74, 6) is -0.0280. The third kappa shape index (κ3) is 59.6. The molecule has 0 aliphatic rings. The number of unbranched alkanes of at least 4 members (excludes halogenated alkanes) is 48. The van der Waals surface area contributed by atoms with Crippen LogP contribution in [0.2, 0.25) is 0 Å². The highest BCUT2D eigenvalue weighted by molar-refractivity contribution is 5.76. The minimum absolute atomic E-state index is 0.00625. The largest absolute Gasteiger partial charge is 0.466 e. The van der Waals surface area contributed by atoms with E-state index in [9.17, 15) is 19.8 Å². The first-order valence-corrected chi connectivity index (χ1v) is 33.6. The van der Waals surface area contributed by atoms with Gasteiger partial charge >= 0.3 is 5.97 Å². The molecule has 1 amide bonds. The lowest BCUT2D eigenvalue weighted by molar-refractivity contribution is -0.143. The van der Waals surface area contributed by atoms with Crippen molar-refractivity contribution < 1.29 is 24.5 Å². The first-order valence-electron chi connectivity index (χ1n) is 33.6. The Kier molecular flexibility index (Phi) is 62.4. The number of carbonyl (C=O) groups is 2. The molecule has 6 nitrogen and oxygen atoms in total. The molecule has 2 unspecified atom stereocenters. The first-order chi connectivity index (χ1) is 36.5. The molecular weight excluding hydrogens is 911 g/mol. The van der Waals surface area contributed by atoms with Gasteiger partial charge in [-0.1, -0.05) is 327 Å². The predicted molar refractivity (Wildman–Crippen MR) is 324 cm³/mol. The fourth-order valence-corrected chi connectivity index (χ4v) is 10.6. The zero-order valence-electron chi connectivity index (χ0n) is 50.1. The third-order valence-electron chi connectivity index (χ3n) is 15.8. The number of rotatable bonds is 63. The Morgan fingerprint density at radius 2 is 0.676 bits per heavy atom. The van der Waals surface area contributed by atoms with Crippen molar-refractivity contribution >= 4 is 11.9 Å². The summed E-state index contributed by atoms with van der Waals surface area (Å²) in [4.78, 5) is 24.6. The maximum atomic E-state index is 12.5. The number of ether oxygens (including phenoxy) is 1. The number of allylic oxidation sites excluding steroid dienone is 4. The Morgan fingerprint density at radius 1 is 0.378 bits per heavy atom. The second-order valence-corrected chi connectivity index (χ2v) is 23.2. The fourth-order valence-electron chi connectivity index (χ4n) is 10.6. The lowest BCUT2D eigenvalue weighted by atomic mass is 10.0. The standard InChI is InChI=1S/C68H131NO5/c1-3-5-7-9-11-13-15-17-19-21-24-28-32-36-40-44-48-52-56-60-66(71)65(64-70)69-67(72)61-57-53-49-45-41-37-33-29-26-23-27-31-35-39-43-47-51-55-59-63-74-68(73)62-58-54-50-46-42-38-34-30-25-22-20-18-16-14-12-10-8-6-4-2/h12,14,18,20,65-66,70-71H,3-11,13,15-17,19,21-64H2,1-2H3,(H,69,72)/b14-12-,20-18-. The molecule has 0 heterocycles. The molecule has 0 aliphatic carbocycles. The molecule has 0 radical (unpaired) electrons. The smallest absolute Gasteiger partial charge is 0.305 e. The minimum Gasteiger partial charge on any atom is -0.466 e. The summed E-state index contributed by atoms with van der Waals surface area (Å²) in [6, 6.07) is -0.544. The van der Waals surface area contributed by atoms with Crippen LogP contribution in [-0.4, -0.2) is 47.4 Å². The summed E-state index contributed by atoms with van der Waals surface area (Å²) >= 11 is 0. The highest BCUT2D eigenvalue weighted by Crippen LogP contribution is 2.19. The molecule has 0 spiro atoms. The van der Waals surface area contributed by atoms with E-state index in [1.165, 1.54) is 289 Å². The van der Waals surface area contributed by atoms with Gasteiger partial charge in [-0.25, -0.2) is 0 Å². The summed E-state index contributed by atoms with van der Waals surface area (Å²) in [7, 11) is 0. The van der Waals surface area contributed by atoms with Crippen molar-refractivity contribution in [1.82, 2.24) is 5.32 Å². The van der Waals surface area contributed by atoms with Crippen LogP contribution in [0.3, 0.4) is 0 Å². The molecule has 3 N–H and O–H groups in total. The molecule has 438 valence electrons. The number of aliphatic hydroxyl groups excluding tert-OH is 2. The molecule has 0 saturated carbocycles. The molecule has 0 bridgehead atoms. The Labute approximate surface area is 462 Å². The van der Waals surface area contributed by atoms with Crippen molar-refractivity contribution in [3.63, 3.8) is 0 Å². The van der Waals surface area contributed by atoms with Crippen LogP contribution in [0, 0.1) is 0 Å².